The van der Waals surface area contributed by atoms with Crippen LogP contribution in [0.15, 0.2) is 54.9 Å². The molecule has 2 aromatic heterocycles. The molecule has 0 saturated carbocycles. The van der Waals surface area contributed by atoms with Gasteiger partial charge < -0.3 is 4.74 Å². The Hall–Kier alpha value is -3.03. The highest BCUT2D eigenvalue weighted by atomic mass is 19.4. The summed E-state index contributed by atoms with van der Waals surface area (Å²) in [4.78, 5) is 7.23. The van der Waals surface area contributed by atoms with Crippen LogP contribution in [-0.4, -0.2) is 9.97 Å². The molecule has 25 heavy (non-hydrogen) atoms. The van der Waals surface area contributed by atoms with Crippen LogP contribution < -0.4 is 4.74 Å². The molecule has 8 heteroatoms. The number of hydrogen-bond acceptors (Lipinski definition) is 3. The number of benzene rings is 1. The molecule has 0 aliphatic carbocycles. The van der Waals surface area contributed by atoms with E-state index in [9.17, 15) is 22.0 Å². The van der Waals surface area contributed by atoms with E-state index in [1.165, 1.54) is 24.4 Å². The maximum atomic E-state index is 14.0. The second-order valence-electron chi connectivity index (χ2n) is 4.96. The largest absolute Gasteiger partial charge is 0.437 e. The standard InChI is InChI=1S/C17H9F5N2O/c18-10-3-5-12(14(19)8-10)13-2-1-7-23-16(13)25-11-4-6-15(24-9-11)17(20,21)22/h1-9H. The first kappa shape index (κ1) is 16.8. The maximum absolute atomic E-state index is 14.0. The number of pyridine rings is 2. The highest BCUT2D eigenvalue weighted by Crippen LogP contribution is 2.34. The first-order valence-electron chi connectivity index (χ1n) is 6.96. The predicted octanol–water partition coefficient (Wildman–Crippen LogP) is 5.23. The normalized spacial score (nSPS) is 11.4. The van der Waals surface area contributed by atoms with E-state index in [4.69, 9.17) is 4.74 Å². The van der Waals surface area contributed by atoms with Gasteiger partial charge in [-0.1, -0.05) is 0 Å². The van der Waals surface area contributed by atoms with Crippen LogP contribution in [0.3, 0.4) is 0 Å². The zero-order chi connectivity index (χ0) is 18.0. The third-order valence-electron chi connectivity index (χ3n) is 3.23. The van der Waals surface area contributed by atoms with Crippen LogP contribution in [0.5, 0.6) is 11.6 Å². The molecular formula is C17H9F5N2O. The van der Waals surface area contributed by atoms with Crippen molar-refractivity contribution in [1.82, 2.24) is 9.97 Å². The van der Waals surface area contributed by atoms with Crippen LogP contribution in [0.2, 0.25) is 0 Å². The molecule has 1 aromatic carbocycles. The zero-order valence-electron chi connectivity index (χ0n) is 12.4. The summed E-state index contributed by atoms with van der Waals surface area (Å²) >= 11 is 0. The molecule has 3 nitrogen and oxygen atoms in total. The van der Waals surface area contributed by atoms with Gasteiger partial charge in [0, 0.05) is 23.4 Å². The topological polar surface area (TPSA) is 35.0 Å². The predicted molar refractivity (Wildman–Crippen MR) is 78.9 cm³/mol. The van der Waals surface area contributed by atoms with Crippen LogP contribution in [0.4, 0.5) is 22.0 Å². The molecule has 0 bridgehead atoms. The Kier molecular flexibility index (Phi) is 4.35. The van der Waals surface area contributed by atoms with Crippen LogP contribution in [0, 0.1) is 11.6 Å². The number of rotatable bonds is 3. The fraction of sp³-hybridized carbons (Fsp3) is 0.0588. The third kappa shape index (κ3) is 3.73. The van der Waals surface area contributed by atoms with Gasteiger partial charge in [0.25, 0.3) is 0 Å². The molecule has 3 rings (SSSR count). The summed E-state index contributed by atoms with van der Waals surface area (Å²) in [5, 5.41) is 0. The first-order chi connectivity index (χ1) is 11.8. The molecule has 0 aliphatic heterocycles. The summed E-state index contributed by atoms with van der Waals surface area (Å²) in [6, 6.07) is 7.87. The van der Waals surface area contributed by atoms with Crippen molar-refractivity contribution in [1.29, 1.82) is 0 Å². The molecule has 0 fully saturated rings. The lowest BCUT2D eigenvalue weighted by Gasteiger charge is -2.11. The van der Waals surface area contributed by atoms with Gasteiger partial charge in [0.1, 0.15) is 23.1 Å². The molecule has 0 atom stereocenters. The van der Waals surface area contributed by atoms with Gasteiger partial charge in [0.2, 0.25) is 5.88 Å². The molecule has 0 spiro atoms. The molecule has 0 amide bonds. The van der Waals surface area contributed by atoms with Crippen molar-refractivity contribution in [2.45, 2.75) is 6.18 Å². The average Bonchev–Trinajstić information content (AvgIpc) is 2.55. The molecule has 2 heterocycles. The molecule has 0 N–H and O–H groups in total. The van der Waals surface area contributed by atoms with Crippen molar-refractivity contribution < 1.29 is 26.7 Å². The van der Waals surface area contributed by atoms with Gasteiger partial charge in [-0.25, -0.2) is 18.7 Å². The molecule has 3 aromatic rings. The zero-order valence-corrected chi connectivity index (χ0v) is 12.4. The Morgan fingerprint density at radius 2 is 1.68 bits per heavy atom. The Bertz CT molecular complexity index is 894. The Labute approximate surface area is 138 Å². The van der Waals surface area contributed by atoms with Crippen molar-refractivity contribution >= 4 is 0 Å². The van der Waals surface area contributed by atoms with E-state index in [2.05, 4.69) is 9.97 Å². The van der Waals surface area contributed by atoms with Gasteiger partial charge in [-0.15, -0.1) is 0 Å². The molecule has 128 valence electrons. The molecule has 0 saturated heterocycles. The number of halogens is 5. The summed E-state index contributed by atoms with van der Waals surface area (Å²) in [5.41, 5.74) is -0.796. The average molecular weight is 352 g/mol. The van der Waals surface area contributed by atoms with Crippen molar-refractivity contribution in [3.63, 3.8) is 0 Å². The highest BCUT2D eigenvalue weighted by molar-refractivity contribution is 5.69. The minimum absolute atomic E-state index is 0.00419. The van der Waals surface area contributed by atoms with Crippen LogP contribution in [-0.2, 0) is 6.18 Å². The fourth-order valence-electron chi connectivity index (χ4n) is 2.11. The van der Waals surface area contributed by atoms with Crippen molar-refractivity contribution in [2.75, 3.05) is 0 Å². The Morgan fingerprint density at radius 1 is 0.880 bits per heavy atom. The Balaban J connectivity index is 1.94. The van der Waals surface area contributed by atoms with Gasteiger partial charge in [-0.2, -0.15) is 13.2 Å². The van der Waals surface area contributed by atoms with Crippen LogP contribution in [0.1, 0.15) is 5.69 Å². The summed E-state index contributed by atoms with van der Waals surface area (Å²) in [7, 11) is 0. The number of ether oxygens (including phenoxy) is 1. The van der Waals surface area contributed by atoms with Gasteiger partial charge in [0.05, 0.1) is 6.20 Å². The monoisotopic (exact) mass is 352 g/mol. The van der Waals surface area contributed by atoms with E-state index in [1.54, 1.807) is 0 Å². The maximum Gasteiger partial charge on any atom is 0.433 e. The second kappa shape index (κ2) is 6.46. The Morgan fingerprint density at radius 3 is 2.32 bits per heavy atom. The minimum atomic E-state index is -4.56. The molecule has 0 radical (unpaired) electrons. The number of hydrogen-bond donors (Lipinski definition) is 0. The van der Waals surface area contributed by atoms with E-state index in [0.717, 1.165) is 24.4 Å². The van der Waals surface area contributed by atoms with E-state index >= 15 is 0 Å². The van der Waals surface area contributed by atoms with Crippen molar-refractivity contribution in [3.8, 4) is 22.8 Å². The third-order valence-corrected chi connectivity index (χ3v) is 3.23. The summed E-state index contributed by atoms with van der Waals surface area (Å²) in [6.45, 7) is 0. The second-order valence-corrected chi connectivity index (χ2v) is 4.96. The summed E-state index contributed by atoms with van der Waals surface area (Å²) < 4.78 is 70.0. The summed E-state index contributed by atoms with van der Waals surface area (Å²) in [5.74, 6) is -1.60. The number of alkyl halides is 3. The smallest absolute Gasteiger partial charge is 0.433 e. The lowest BCUT2D eigenvalue weighted by atomic mass is 10.1. The molecule has 0 unspecified atom stereocenters. The minimum Gasteiger partial charge on any atom is -0.437 e. The SMILES string of the molecule is Fc1ccc(-c2cccnc2Oc2ccc(C(F)(F)F)nc2)c(F)c1. The van der Waals surface area contributed by atoms with Crippen LogP contribution >= 0.6 is 0 Å². The van der Waals surface area contributed by atoms with E-state index in [0.29, 0.717) is 6.07 Å². The van der Waals surface area contributed by atoms with Crippen LogP contribution in [0.25, 0.3) is 11.1 Å². The van der Waals surface area contributed by atoms with Gasteiger partial charge in [0.15, 0.2) is 0 Å². The first-order valence-corrected chi connectivity index (χ1v) is 6.96. The lowest BCUT2D eigenvalue weighted by Crippen LogP contribution is -2.07. The summed E-state index contributed by atoms with van der Waals surface area (Å²) in [6.07, 6.45) is -2.30. The highest BCUT2D eigenvalue weighted by Gasteiger charge is 2.32. The van der Waals surface area contributed by atoms with Gasteiger partial charge in [-0.05, 0) is 36.4 Å². The van der Waals surface area contributed by atoms with Gasteiger partial charge in [-0.3, -0.25) is 0 Å². The molecular weight excluding hydrogens is 343 g/mol. The van der Waals surface area contributed by atoms with E-state index < -0.39 is 23.5 Å². The van der Waals surface area contributed by atoms with Crippen molar-refractivity contribution in [3.05, 3.63) is 72.2 Å². The lowest BCUT2D eigenvalue weighted by molar-refractivity contribution is -0.141. The quantitative estimate of drug-likeness (QED) is 0.605. The fourth-order valence-corrected chi connectivity index (χ4v) is 2.11. The molecule has 0 aliphatic rings. The van der Waals surface area contributed by atoms with E-state index in [1.807, 2.05) is 0 Å². The van der Waals surface area contributed by atoms with Gasteiger partial charge >= 0.3 is 6.18 Å². The number of nitrogens with zero attached hydrogens (tertiary/aromatic N) is 2. The van der Waals surface area contributed by atoms with Crippen molar-refractivity contribution in [2.24, 2.45) is 0 Å². The van der Waals surface area contributed by atoms with E-state index in [-0.39, 0.29) is 22.8 Å². The number of aromatic nitrogens is 2.